The number of carbonyl (C=O) groups is 1. The van der Waals surface area contributed by atoms with Gasteiger partial charge in [-0.25, -0.2) is 0 Å². The van der Waals surface area contributed by atoms with Crippen LogP contribution in [0.15, 0.2) is 47.1 Å². The van der Waals surface area contributed by atoms with E-state index in [0.29, 0.717) is 5.76 Å². The van der Waals surface area contributed by atoms with Gasteiger partial charge in [0.05, 0.1) is 12.6 Å². The molecule has 0 saturated carbocycles. The highest BCUT2D eigenvalue weighted by Gasteiger charge is 2.31. The monoisotopic (exact) mass is 309 g/mol. The molecule has 5 nitrogen and oxygen atoms in total. The molecule has 0 spiro atoms. The quantitative estimate of drug-likeness (QED) is 0.746. The number of rotatable bonds is 3. The number of aromatic nitrogens is 2. The topological polar surface area (TPSA) is 51.3 Å². The minimum Gasteiger partial charge on any atom is -0.451 e. The Morgan fingerprint density at radius 2 is 2.30 bits per heavy atom. The Morgan fingerprint density at radius 1 is 1.39 bits per heavy atom. The van der Waals surface area contributed by atoms with Crippen LogP contribution in [0.1, 0.15) is 29.0 Å². The molecule has 118 valence electrons. The van der Waals surface area contributed by atoms with Gasteiger partial charge in [0.2, 0.25) is 0 Å². The molecular weight excluding hydrogens is 290 g/mol. The maximum atomic E-state index is 12.8. The molecule has 1 fully saturated rings. The summed E-state index contributed by atoms with van der Waals surface area (Å²) in [6.07, 6.45) is 5.73. The summed E-state index contributed by atoms with van der Waals surface area (Å²) in [7, 11) is 0. The van der Waals surface area contributed by atoms with Gasteiger partial charge in [-0.15, -0.1) is 0 Å². The Labute approximate surface area is 134 Å². The van der Waals surface area contributed by atoms with E-state index in [1.807, 2.05) is 53.0 Å². The SMILES string of the molecule is Cc1ccc2oc(C(=O)N3CCC[C@H]3Cn3cccn3)cc2c1. The van der Waals surface area contributed by atoms with Crippen molar-refractivity contribution in [2.24, 2.45) is 0 Å². The normalized spacial score (nSPS) is 18.0. The van der Waals surface area contributed by atoms with Crippen molar-refractivity contribution in [3.63, 3.8) is 0 Å². The van der Waals surface area contributed by atoms with Gasteiger partial charge in [0.1, 0.15) is 5.58 Å². The van der Waals surface area contributed by atoms with Crippen LogP contribution in [-0.2, 0) is 6.54 Å². The van der Waals surface area contributed by atoms with Crippen LogP contribution in [0.3, 0.4) is 0 Å². The highest BCUT2D eigenvalue weighted by Crippen LogP contribution is 2.25. The third kappa shape index (κ3) is 2.63. The van der Waals surface area contributed by atoms with Gasteiger partial charge in [-0.3, -0.25) is 9.48 Å². The smallest absolute Gasteiger partial charge is 0.289 e. The predicted octanol–water partition coefficient (Wildman–Crippen LogP) is 3.24. The first-order valence-electron chi connectivity index (χ1n) is 7.99. The summed E-state index contributed by atoms with van der Waals surface area (Å²) in [6, 6.07) is 9.90. The van der Waals surface area contributed by atoms with Gasteiger partial charge in [-0.1, -0.05) is 11.6 Å². The van der Waals surface area contributed by atoms with Crippen molar-refractivity contribution < 1.29 is 9.21 Å². The van der Waals surface area contributed by atoms with E-state index in [1.165, 1.54) is 0 Å². The summed E-state index contributed by atoms with van der Waals surface area (Å²) in [5.41, 5.74) is 1.93. The molecule has 1 aromatic carbocycles. The molecule has 0 N–H and O–H groups in total. The molecule has 4 rings (SSSR count). The molecule has 1 saturated heterocycles. The van der Waals surface area contributed by atoms with E-state index in [2.05, 4.69) is 5.10 Å². The van der Waals surface area contributed by atoms with Crippen LogP contribution in [0.25, 0.3) is 11.0 Å². The third-order valence-corrected chi connectivity index (χ3v) is 4.48. The number of fused-ring (bicyclic) bond motifs is 1. The standard InChI is InChI=1S/C18H19N3O2/c1-13-5-6-16-14(10-13)11-17(23-16)18(22)21-9-2-4-15(21)12-20-8-3-7-19-20/h3,5-8,10-11,15H,2,4,9,12H2,1H3/t15-/m0/s1. The Balaban J connectivity index is 1.58. The van der Waals surface area contributed by atoms with Crippen LogP contribution in [0.5, 0.6) is 0 Å². The lowest BCUT2D eigenvalue weighted by molar-refractivity contribution is 0.0691. The number of hydrogen-bond acceptors (Lipinski definition) is 3. The van der Waals surface area contributed by atoms with Crippen molar-refractivity contribution in [3.8, 4) is 0 Å². The molecule has 1 amide bonds. The van der Waals surface area contributed by atoms with Crippen molar-refractivity contribution in [1.82, 2.24) is 14.7 Å². The van der Waals surface area contributed by atoms with Crippen LogP contribution < -0.4 is 0 Å². The zero-order valence-corrected chi connectivity index (χ0v) is 13.1. The maximum Gasteiger partial charge on any atom is 0.289 e. The highest BCUT2D eigenvalue weighted by molar-refractivity contribution is 5.96. The van der Waals surface area contributed by atoms with Gasteiger partial charge in [-0.2, -0.15) is 5.10 Å². The summed E-state index contributed by atoms with van der Waals surface area (Å²) in [5, 5.41) is 5.23. The van der Waals surface area contributed by atoms with Crippen molar-refractivity contribution >= 4 is 16.9 Å². The number of amides is 1. The fourth-order valence-corrected chi connectivity index (χ4v) is 3.33. The third-order valence-electron chi connectivity index (χ3n) is 4.48. The second-order valence-electron chi connectivity index (χ2n) is 6.17. The Bertz CT molecular complexity index is 835. The van der Waals surface area contributed by atoms with E-state index in [-0.39, 0.29) is 11.9 Å². The number of furan rings is 1. The number of nitrogens with zero attached hydrogens (tertiary/aromatic N) is 3. The molecule has 0 unspecified atom stereocenters. The maximum absolute atomic E-state index is 12.8. The van der Waals surface area contributed by atoms with Crippen LogP contribution in [0.2, 0.25) is 0 Å². The lowest BCUT2D eigenvalue weighted by Gasteiger charge is -2.23. The first kappa shape index (κ1) is 14.1. The van der Waals surface area contributed by atoms with Gasteiger partial charge in [0.15, 0.2) is 5.76 Å². The first-order valence-corrected chi connectivity index (χ1v) is 7.99. The van der Waals surface area contributed by atoms with E-state index < -0.39 is 0 Å². The second-order valence-corrected chi connectivity index (χ2v) is 6.17. The van der Waals surface area contributed by atoms with Crippen LogP contribution >= 0.6 is 0 Å². The van der Waals surface area contributed by atoms with Gasteiger partial charge < -0.3 is 9.32 Å². The second kappa shape index (κ2) is 5.57. The number of carbonyl (C=O) groups excluding carboxylic acids is 1. The molecule has 3 aromatic rings. The average Bonchev–Trinajstić information content (AvgIpc) is 3.26. The molecule has 5 heteroatoms. The van der Waals surface area contributed by atoms with E-state index in [0.717, 1.165) is 42.5 Å². The van der Waals surface area contributed by atoms with E-state index in [4.69, 9.17) is 4.42 Å². The van der Waals surface area contributed by atoms with E-state index in [1.54, 1.807) is 6.20 Å². The molecule has 1 aliphatic rings. The summed E-state index contributed by atoms with van der Waals surface area (Å²) in [6.45, 7) is 3.55. The molecule has 0 aliphatic carbocycles. The largest absolute Gasteiger partial charge is 0.451 e. The number of hydrogen-bond donors (Lipinski definition) is 0. The lowest BCUT2D eigenvalue weighted by atomic mass is 10.2. The predicted molar refractivity (Wildman–Crippen MR) is 87.2 cm³/mol. The molecule has 0 bridgehead atoms. The number of likely N-dealkylation sites (tertiary alicyclic amines) is 1. The van der Waals surface area contributed by atoms with Crippen LogP contribution in [0.4, 0.5) is 0 Å². The molecule has 1 aliphatic heterocycles. The van der Waals surface area contributed by atoms with Crippen molar-refractivity contribution in [3.05, 3.63) is 54.0 Å². The molecule has 2 aromatic heterocycles. The van der Waals surface area contributed by atoms with E-state index >= 15 is 0 Å². The molecular formula is C18H19N3O2. The molecule has 23 heavy (non-hydrogen) atoms. The fraction of sp³-hybridized carbons (Fsp3) is 0.333. The van der Waals surface area contributed by atoms with Crippen LogP contribution in [-0.4, -0.2) is 33.2 Å². The zero-order chi connectivity index (χ0) is 15.8. The van der Waals surface area contributed by atoms with Crippen molar-refractivity contribution in [2.45, 2.75) is 32.4 Å². The van der Waals surface area contributed by atoms with Gasteiger partial charge >= 0.3 is 0 Å². The Hall–Kier alpha value is -2.56. The minimum absolute atomic E-state index is 0.0199. The minimum atomic E-state index is -0.0199. The Kier molecular flexibility index (Phi) is 3.41. The summed E-state index contributed by atoms with van der Waals surface area (Å²) in [5.74, 6) is 0.409. The van der Waals surface area contributed by atoms with Gasteiger partial charge in [0.25, 0.3) is 5.91 Å². The number of benzene rings is 1. The molecule has 1 atom stereocenters. The summed E-state index contributed by atoms with van der Waals surface area (Å²) in [4.78, 5) is 14.8. The highest BCUT2D eigenvalue weighted by atomic mass is 16.3. The van der Waals surface area contributed by atoms with Gasteiger partial charge in [-0.05, 0) is 44.0 Å². The Morgan fingerprint density at radius 3 is 3.13 bits per heavy atom. The van der Waals surface area contributed by atoms with Crippen LogP contribution in [0, 0.1) is 6.92 Å². The fourth-order valence-electron chi connectivity index (χ4n) is 3.33. The average molecular weight is 309 g/mol. The summed E-state index contributed by atoms with van der Waals surface area (Å²) >= 11 is 0. The number of aryl methyl sites for hydroxylation is 1. The molecule has 3 heterocycles. The van der Waals surface area contributed by atoms with Gasteiger partial charge in [0, 0.05) is 24.3 Å². The van der Waals surface area contributed by atoms with Crippen molar-refractivity contribution in [2.75, 3.05) is 6.54 Å². The molecule has 0 radical (unpaired) electrons. The first-order chi connectivity index (χ1) is 11.2. The van der Waals surface area contributed by atoms with Crippen molar-refractivity contribution in [1.29, 1.82) is 0 Å². The summed E-state index contributed by atoms with van der Waals surface area (Å²) < 4.78 is 7.65. The zero-order valence-electron chi connectivity index (χ0n) is 13.1. The van der Waals surface area contributed by atoms with E-state index in [9.17, 15) is 4.79 Å². The lowest BCUT2D eigenvalue weighted by Crippen LogP contribution is -2.38.